The molecule has 98 valence electrons. The van der Waals surface area contributed by atoms with Crippen LogP contribution in [0.15, 0.2) is 30.3 Å². The number of carbonyl (C=O) groups is 1. The minimum absolute atomic E-state index is 0.0102. The molecule has 0 aromatic heterocycles. The first-order valence-corrected chi connectivity index (χ1v) is 5.97. The maximum Gasteiger partial charge on any atom is 0.195 e. The molecule has 1 nitrogen and oxygen atoms in total. The van der Waals surface area contributed by atoms with E-state index in [-0.39, 0.29) is 11.4 Å². The smallest absolute Gasteiger partial charge is 0.195 e. The zero-order valence-electron chi connectivity index (χ0n) is 11.1. The van der Waals surface area contributed by atoms with Gasteiger partial charge in [0.15, 0.2) is 5.78 Å². The first kappa shape index (κ1) is 13.4. The molecule has 0 fully saturated rings. The Morgan fingerprint density at radius 2 is 1.53 bits per heavy atom. The van der Waals surface area contributed by atoms with Crippen LogP contribution in [-0.4, -0.2) is 5.78 Å². The van der Waals surface area contributed by atoms with Crippen molar-refractivity contribution in [3.8, 4) is 0 Å². The average molecular weight is 260 g/mol. The van der Waals surface area contributed by atoms with Gasteiger partial charge >= 0.3 is 0 Å². The second kappa shape index (κ2) is 4.92. The lowest BCUT2D eigenvalue weighted by molar-refractivity contribution is 0.103. The highest BCUT2D eigenvalue weighted by Crippen LogP contribution is 2.19. The van der Waals surface area contributed by atoms with Crippen LogP contribution in [0.25, 0.3) is 0 Å². The summed E-state index contributed by atoms with van der Waals surface area (Å²) in [6.45, 7) is 4.93. The molecule has 0 heterocycles. The summed E-state index contributed by atoms with van der Waals surface area (Å²) in [4.78, 5) is 12.2. The quantitative estimate of drug-likeness (QED) is 0.742. The Morgan fingerprint density at radius 1 is 0.947 bits per heavy atom. The van der Waals surface area contributed by atoms with Gasteiger partial charge in [0.05, 0.1) is 5.56 Å². The highest BCUT2D eigenvalue weighted by Gasteiger charge is 2.16. The summed E-state index contributed by atoms with van der Waals surface area (Å²) in [6.07, 6.45) is 0. The lowest BCUT2D eigenvalue weighted by Crippen LogP contribution is -2.06. The fraction of sp³-hybridized carbons (Fsp3) is 0.188. The van der Waals surface area contributed by atoms with Crippen LogP contribution in [0.2, 0.25) is 0 Å². The van der Waals surface area contributed by atoms with Crippen molar-refractivity contribution in [2.24, 2.45) is 0 Å². The van der Waals surface area contributed by atoms with Gasteiger partial charge in [-0.1, -0.05) is 6.07 Å². The van der Waals surface area contributed by atoms with Gasteiger partial charge in [0.1, 0.15) is 11.6 Å². The molecule has 0 aliphatic heterocycles. The van der Waals surface area contributed by atoms with E-state index in [9.17, 15) is 13.6 Å². The van der Waals surface area contributed by atoms with Gasteiger partial charge in [0.2, 0.25) is 0 Å². The molecule has 0 spiro atoms. The maximum absolute atomic E-state index is 13.8. The zero-order valence-corrected chi connectivity index (χ0v) is 11.1. The van der Waals surface area contributed by atoms with Gasteiger partial charge in [0, 0.05) is 5.56 Å². The van der Waals surface area contributed by atoms with Gasteiger partial charge in [-0.3, -0.25) is 4.79 Å². The second-order valence-corrected chi connectivity index (χ2v) is 4.74. The van der Waals surface area contributed by atoms with E-state index in [0.29, 0.717) is 16.7 Å². The number of rotatable bonds is 2. The maximum atomic E-state index is 13.8. The first-order valence-electron chi connectivity index (χ1n) is 5.97. The normalized spacial score (nSPS) is 10.6. The third kappa shape index (κ3) is 2.55. The Hall–Kier alpha value is -2.03. The fourth-order valence-corrected chi connectivity index (χ4v) is 2.04. The molecule has 0 radical (unpaired) electrons. The highest BCUT2D eigenvalue weighted by atomic mass is 19.1. The predicted molar refractivity (Wildman–Crippen MR) is 70.4 cm³/mol. The van der Waals surface area contributed by atoms with E-state index in [1.165, 1.54) is 24.3 Å². The Labute approximate surface area is 110 Å². The molecule has 0 aliphatic carbocycles. The second-order valence-electron chi connectivity index (χ2n) is 4.74. The van der Waals surface area contributed by atoms with Crippen LogP contribution in [0.1, 0.15) is 32.6 Å². The molecular weight excluding hydrogens is 246 g/mol. The Morgan fingerprint density at radius 3 is 2.05 bits per heavy atom. The van der Waals surface area contributed by atoms with Gasteiger partial charge in [-0.25, -0.2) is 8.78 Å². The number of aryl methyl sites for hydroxylation is 3. The molecule has 0 unspecified atom stereocenters. The van der Waals surface area contributed by atoms with Crippen molar-refractivity contribution in [1.82, 2.24) is 0 Å². The van der Waals surface area contributed by atoms with Gasteiger partial charge in [-0.15, -0.1) is 0 Å². The van der Waals surface area contributed by atoms with Gasteiger partial charge < -0.3 is 0 Å². The third-order valence-corrected chi connectivity index (χ3v) is 3.07. The van der Waals surface area contributed by atoms with Crippen molar-refractivity contribution in [1.29, 1.82) is 0 Å². The molecule has 2 aromatic rings. The minimum atomic E-state index is -0.551. The van der Waals surface area contributed by atoms with Crippen LogP contribution in [0.5, 0.6) is 0 Å². The molecule has 0 bridgehead atoms. The summed E-state index contributed by atoms with van der Waals surface area (Å²) >= 11 is 0. The molecule has 0 N–H and O–H groups in total. The lowest BCUT2D eigenvalue weighted by Gasteiger charge is -2.07. The van der Waals surface area contributed by atoms with Crippen molar-refractivity contribution < 1.29 is 13.6 Å². The van der Waals surface area contributed by atoms with Crippen LogP contribution in [0, 0.1) is 32.4 Å². The number of halogens is 2. The molecule has 0 amide bonds. The Bertz CT molecular complexity index is 637. The summed E-state index contributed by atoms with van der Waals surface area (Å²) in [5.74, 6) is -1.31. The van der Waals surface area contributed by atoms with Crippen LogP contribution >= 0.6 is 0 Å². The van der Waals surface area contributed by atoms with E-state index in [0.717, 1.165) is 5.56 Å². The van der Waals surface area contributed by atoms with E-state index < -0.39 is 11.6 Å². The molecular formula is C16H14F2O. The van der Waals surface area contributed by atoms with Crippen LogP contribution < -0.4 is 0 Å². The lowest BCUT2D eigenvalue weighted by atomic mass is 9.98. The summed E-state index contributed by atoms with van der Waals surface area (Å²) in [5, 5.41) is 0. The van der Waals surface area contributed by atoms with E-state index in [1.807, 2.05) is 0 Å². The van der Waals surface area contributed by atoms with Crippen LogP contribution in [0.3, 0.4) is 0 Å². The van der Waals surface area contributed by atoms with E-state index in [1.54, 1.807) is 26.8 Å². The first-order chi connectivity index (χ1) is 8.90. The van der Waals surface area contributed by atoms with Crippen LogP contribution in [0.4, 0.5) is 8.78 Å². The predicted octanol–water partition coefficient (Wildman–Crippen LogP) is 4.12. The largest absolute Gasteiger partial charge is 0.288 e. The number of hydrogen-bond donors (Lipinski definition) is 0. The SMILES string of the molecule is Cc1ccc(C(=O)c2cc(C)c(F)c(C)c2)c(F)c1. The molecule has 2 rings (SSSR count). The van der Waals surface area contributed by atoms with E-state index in [2.05, 4.69) is 0 Å². The van der Waals surface area contributed by atoms with E-state index >= 15 is 0 Å². The fourth-order valence-electron chi connectivity index (χ4n) is 2.04. The van der Waals surface area contributed by atoms with Gasteiger partial charge in [0.25, 0.3) is 0 Å². The monoisotopic (exact) mass is 260 g/mol. The Balaban J connectivity index is 2.50. The van der Waals surface area contributed by atoms with Crippen molar-refractivity contribution in [3.05, 3.63) is 69.8 Å². The summed E-state index contributed by atoms with van der Waals surface area (Å²) in [5.41, 5.74) is 1.84. The minimum Gasteiger partial charge on any atom is -0.288 e. The summed E-state index contributed by atoms with van der Waals surface area (Å²) < 4.78 is 27.3. The van der Waals surface area contributed by atoms with E-state index in [4.69, 9.17) is 0 Å². The number of ketones is 1. The molecule has 0 aliphatic rings. The zero-order chi connectivity index (χ0) is 14.2. The Kier molecular flexibility index (Phi) is 3.47. The number of benzene rings is 2. The van der Waals surface area contributed by atoms with Crippen molar-refractivity contribution in [3.63, 3.8) is 0 Å². The highest BCUT2D eigenvalue weighted by molar-refractivity contribution is 6.09. The standard InChI is InChI=1S/C16H14F2O/c1-9-4-5-13(14(17)6-9)16(19)12-7-10(2)15(18)11(3)8-12/h4-8H,1-3H3. The van der Waals surface area contributed by atoms with Gasteiger partial charge in [-0.05, 0) is 61.7 Å². The van der Waals surface area contributed by atoms with Gasteiger partial charge in [-0.2, -0.15) is 0 Å². The average Bonchev–Trinajstić information content (AvgIpc) is 2.34. The van der Waals surface area contributed by atoms with Crippen molar-refractivity contribution >= 4 is 5.78 Å². The van der Waals surface area contributed by atoms with Crippen molar-refractivity contribution in [2.45, 2.75) is 20.8 Å². The molecule has 3 heteroatoms. The third-order valence-electron chi connectivity index (χ3n) is 3.07. The number of carbonyl (C=O) groups excluding carboxylic acids is 1. The van der Waals surface area contributed by atoms with Crippen molar-refractivity contribution in [2.75, 3.05) is 0 Å². The molecule has 0 saturated heterocycles. The number of hydrogen-bond acceptors (Lipinski definition) is 1. The summed E-state index contributed by atoms with van der Waals surface area (Å²) in [6, 6.07) is 7.35. The molecule has 2 aromatic carbocycles. The molecule has 19 heavy (non-hydrogen) atoms. The topological polar surface area (TPSA) is 17.1 Å². The van der Waals surface area contributed by atoms with Crippen LogP contribution in [-0.2, 0) is 0 Å². The summed E-state index contributed by atoms with van der Waals surface area (Å²) in [7, 11) is 0. The molecule has 0 atom stereocenters. The molecule has 0 saturated carbocycles.